The maximum absolute atomic E-state index is 12.1. The summed E-state index contributed by atoms with van der Waals surface area (Å²) in [6.45, 7) is 8.34. The van der Waals surface area contributed by atoms with Crippen molar-refractivity contribution in [1.82, 2.24) is 20.3 Å². The summed E-state index contributed by atoms with van der Waals surface area (Å²) in [4.78, 5) is 42.0. The van der Waals surface area contributed by atoms with E-state index >= 15 is 0 Å². The summed E-state index contributed by atoms with van der Waals surface area (Å²) < 4.78 is 17.2. The molecule has 2 aliphatic rings. The number of ether oxygens (including phenoxy) is 3. The molecule has 252 valence electrons. The number of hydrogen-bond acceptors (Lipinski definition) is 12. The minimum atomic E-state index is -1.03. The van der Waals surface area contributed by atoms with Gasteiger partial charge in [-0.05, 0) is 56.2 Å². The second-order valence-corrected chi connectivity index (χ2v) is 12.1. The van der Waals surface area contributed by atoms with Gasteiger partial charge in [-0.15, -0.1) is 0 Å². The molecule has 2 aromatic heterocycles. The van der Waals surface area contributed by atoms with Gasteiger partial charge in [0.25, 0.3) is 5.69 Å². The zero-order valence-corrected chi connectivity index (χ0v) is 27.2. The Hall–Kier alpha value is -4.92. The molecule has 0 aliphatic carbocycles. The van der Waals surface area contributed by atoms with Crippen molar-refractivity contribution in [1.29, 1.82) is 0 Å². The van der Waals surface area contributed by atoms with Crippen LogP contribution in [0.15, 0.2) is 54.6 Å². The van der Waals surface area contributed by atoms with Gasteiger partial charge in [0, 0.05) is 56.0 Å². The second-order valence-electron chi connectivity index (χ2n) is 12.1. The van der Waals surface area contributed by atoms with Crippen LogP contribution in [0.1, 0.15) is 25.0 Å². The lowest BCUT2D eigenvalue weighted by molar-refractivity contribution is -0.384. The predicted octanol–water partition coefficient (Wildman–Crippen LogP) is 3.84. The molecule has 6 rings (SSSR count). The van der Waals surface area contributed by atoms with E-state index in [0.29, 0.717) is 54.9 Å². The van der Waals surface area contributed by atoms with Gasteiger partial charge in [0.05, 0.1) is 48.5 Å². The molecule has 3 atom stereocenters. The standard InChI is InChI=1S/C34H39N7O7/c1-21-19-40(20-22(2)48-21)34-37-31-27(32(38-34)39-12-14-47-15-13-39)9-10-28(36-31)24-6-11-30(46-3)25(17-24)18-35-29(33(42)43)16-23-4-7-26(8-5-23)41(44)45/h4-11,17,21-22,29,35H,12-16,18-20H2,1-3H3,(H,42,43). The van der Waals surface area contributed by atoms with E-state index in [1.807, 2.05) is 44.2 Å². The monoisotopic (exact) mass is 657 g/mol. The first-order valence-corrected chi connectivity index (χ1v) is 16.0. The van der Waals surface area contributed by atoms with E-state index in [-0.39, 0.29) is 30.9 Å². The van der Waals surface area contributed by atoms with Crippen LogP contribution in [0.5, 0.6) is 5.75 Å². The Morgan fingerprint density at radius 3 is 2.44 bits per heavy atom. The molecule has 3 unspecified atom stereocenters. The van der Waals surface area contributed by atoms with E-state index in [4.69, 9.17) is 29.2 Å². The molecule has 2 fully saturated rings. The highest BCUT2D eigenvalue weighted by atomic mass is 16.6. The van der Waals surface area contributed by atoms with Crippen molar-refractivity contribution >= 4 is 34.5 Å². The number of fused-ring (bicyclic) bond motifs is 1. The number of rotatable bonds is 11. The third-order valence-electron chi connectivity index (χ3n) is 8.54. The Kier molecular flexibility index (Phi) is 9.94. The van der Waals surface area contributed by atoms with Crippen LogP contribution in [0.4, 0.5) is 17.5 Å². The highest BCUT2D eigenvalue weighted by Crippen LogP contribution is 2.32. The molecule has 4 heterocycles. The predicted molar refractivity (Wildman–Crippen MR) is 180 cm³/mol. The van der Waals surface area contributed by atoms with Crippen molar-refractivity contribution in [3.05, 3.63) is 75.8 Å². The number of pyridine rings is 1. The van der Waals surface area contributed by atoms with Gasteiger partial charge in [0.15, 0.2) is 5.65 Å². The Labute approximate surface area is 277 Å². The molecule has 0 bridgehead atoms. The largest absolute Gasteiger partial charge is 0.496 e. The Balaban J connectivity index is 1.29. The molecule has 0 spiro atoms. The third kappa shape index (κ3) is 7.46. The number of hydrogen-bond donors (Lipinski definition) is 2. The summed E-state index contributed by atoms with van der Waals surface area (Å²) in [5.74, 6) is 1.01. The number of non-ortho nitro benzene ring substituents is 1. The van der Waals surface area contributed by atoms with Gasteiger partial charge >= 0.3 is 5.97 Å². The van der Waals surface area contributed by atoms with E-state index in [2.05, 4.69) is 15.1 Å². The van der Waals surface area contributed by atoms with Crippen molar-refractivity contribution in [2.75, 3.05) is 56.3 Å². The lowest BCUT2D eigenvalue weighted by Gasteiger charge is -2.36. The van der Waals surface area contributed by atoms with Crippen molar-refractivity contribution < 1.29 is 29.0 Å². The van der Waals surface area contributed by atoms with Crippen LogP contribution in [0, 0.1) is 10.1 Å². The minimum absolute atomic E-state index is 0.0420. The number of carbonyl (C=O) groups is 1. The molecule has 2 aromatic carbocycles. The summed E-state index contributed by atoms with van der Waals surface area (Å²) in [7, 11) is 1.57. The molecule has 4 aromatic rings. The molecule has 48 heavy (non-hydrogen) atoms. The molecule has 2 aliphatic heterocycles. The van der Waals surface area contributed by atoms with Crippen LogP contribution >= 0.6 is 0 Å². The summed E-state index contributed by atoms with van der Waals surface area (Å²) in [5.41, 5.74) is 3.47. The molecule has 2 saturated heterocycles. The minimum Gasteiger partial charge on any atom is -0.496 e. The van der Waals surface area contributed by atoms with Crippen LogP contribution in [-0.2, 0) is 27.2 Å². The fourth-order valence-corrected chi connectivity index (χ4v) is 6.19. The number of nitrogens with one attached hydrogen (secondary N) is 1. The number of aliphatic carboxylic acids is 1. The summed E-state index contributed by atoms with van der Waals surface area (Å²) in [6.07, 6.45) is 0.233. The molecule has 0 radical (unpaired) electrons. The topological polar surface area (TPSA) is 165 Å². The average Bonchev–Trinajstić information content (AvgIpc) is 3.09. The summed E-state index contributed by atoms with van der Waals surface area (Å²) in [6, 6.07) is 14.6. The van der Waals surface area contributed by atoms with Crippen LogP contribution in [0.2, 0.25) is 0 Å². The lowest BCUT2D eigenvalue weighted by atomic mass is 10.0. The van der Waals surface area contributed by atoms with E-state index < -0.39 is 16.9 Å². The Bertz CT molecular complexity index is 1770. The number of nitro benzene ring substituents is 1. The molecular weight excluding hydrogens is 618 g/mol. The van der Waals surface area contributed by atoms with E-state index in [0.717, 1.165) is 35.4 Å². The second kappa shape index (κ2) is 14.5. The number of carboxylic acids is 1. The number of nitrogens with zero attached hydrogens (tertiary/aromatic N) is 6. The quantitative estimate of drug-likeness (QED) is 0.177. The SMILES string of the molecule is COc1ccc(-c2ccc3c(N4CCOCC4)nc(N4CC(C)OC(C)C4)nc3n2)cc1CNC(Cc1ccc([N+](=O)[O-])cc1)C(=O)O. The van der Waals surface area contributed by atoms with Gasteiger partial charge in [0.2, 0.25) is 5.95 Å². The highest BCUT2D eigenvalue weighted by molar-refractivity contribution is 5.90. The molecule has 2 N–H and O–H groups in total. The first-order chi connectivity index (χ1) is 23.2. The number of methoxy groups -OCH3 is 1. The van der Waals surface area contributed by atoms with Gasteiger partial charge in [-0.25, -0.2) is 4.98 Å². The fraction of sp³-hybridized carbons (Fsp3) is 0.412. The normalized spacial score (nSPS) is 18.9. The number of anilines is 2. The van der Waals surface area contributed by atoms with E-state index in [1.165, 1.54) is 12.1 Å². The molecule has 0 amide bonds. The van der Waals surface area contributed by atoms with Gasteiger partial charge in [-0.3, -0.25) is 20.2 Å². The van der Waals surface area contributed by atoms with Gasteiger partial charge < -0.3 is 29.1 Å². The average molecular weight is 658 g/mol. The first kappa shape index (κ1) is 33.0. The molecule has 0 saturated carbocycles. The van der Waals surface area contributed by atoms with Crippen molar-refractivity contribution in [2.45, 2.75) is 45.1 Å². The smallest absolute Gasteiger partial charge is 0.321 e. The van der Waals surface area contributed by atoms with Crippen LogP contribution in [-0.4, -0.2) is 95.7 Å². The fourth-order valence-electron chi connectivity index (χ4n) is 6.19. The maximum atomic E-state index is 12.1. The molecular formula is C34H39N7O7. The van der Waals surface area contributed by atoms with E-state index in [1.54, 1.807) is 19.2 Å². The van der Waals surface area contributed by atoms with Crippen LogP contribution < -0.4 is 19.9 Å². The van der Waals surface area contributed by atoms with Crippen LogP contribution in [0.3, 0.4) is 0 Å². The van der Waals surface area contributed by atoms with Crippen LogP contribution in [0.25, 0.3) is 22.3 Å². The number of aromatic nitrogens is 3. The lowest BCUT2D eigenvalue weighted by Crippen LogP contribution is -2.46. The zero-order valence-electron chi connectivity index (χ0n) is 27.2. The van der Waals surface area contributed by atoms with Gasteiger partial charge in [0.1, 0.15) is 17.6 Å². The van der Waals surface area contributed by atoms with E-state index in [9.17, 15) is 20.0 Å². The summed E-state index contributed by atoms with van der Waals surface area (Å²) in [5, 5.41) is 24.9. The Morgan fingerprint density at radius 2 is 1.77 bits per heavy atom. The van der Waals surface area contributed by atoms with Crippen molar-refractivity contribution in [2.24, 2.45) is 0 Å². The molecule has 14 heteroatoms. The number of nitro groups is 1. The highest BCUT2D eigenvalue weighted by Gasteiger charge is 2.27. The van der Waals surface area contributed by atoms with Gasteiger partial charge in [-0.2, -0.15) is 9.97 Å². The number of carboxylic acid groups (broad SMARTS) is 1. The van der Waals surface area contributed by atoms with Crippen molar-refractivity contribution in [3.63, 3.8) is 0 Å². The Morgan fingerprint density at radius 1 is 1.04 bits per heavy atom. The number of benzene rings is 2. The molecule has 14 nitrogen and oxygen atoms in total. The third-order valence-corrected chi connectivity index (χ3v) is 8.54. The van der Waals surface area contributed by atoms with Gasteiger partial charge in [-0.1, -0.05) is 12.1 Å². The van der Waals surface area contributed by atoms with Crippen molar-refractivity contribution in [3.8, 4) is 17.0 Å². The number of morpholine rings is 2. The maximum Gasteiger partial charge on any atom is 0.321 e. The first-order valence-electron chi connectivity index (χ1n) is 16.0. The summed E-state index contributed by atoms with van der Waals surface area (Å²) >= 11 is 0. The zero-order chi connectivity index (χ0) is 33.8.